The van der Waals surface area contributed by atoms with Crippen LogP contribution in [-0.4, -0.2) is 49.3 Å². The van der Waals surface area contributed by atoms with Crippen molar-refractivity contribution >= 4 is 40.5 Å². The smallest absolute Gasteiger partial charge is 0.318 e. The van der Waals surface area contributed by atoms with Crippen molar-refractivity contribution in [1.29, 1.82) is 0 Å². The molecule has 212 valence electrons. The van der Waals surface area contributed by atoms with Crippen molar-refractivity contribution in [2.75, 3.05) is 32.7 Å². The Labute approximate surface area is 242 Å². The number of carbonyl (C=O) groups excluding carboxylic acids is 1. The molecule has 0 aliphatic heterocycles. The lowest BCUT2D eigenvalue weighted by atomic mass is 9.94. The topological polar surface area (TPSA) is 85.4 Å². The van der Waals surface area contributed by atoms with Gasteiger partial charge in [0, 0.05) is 42.4 Å². The average Bonchev–Trinajstić information content (AvgIpc) is 2.94. The number of amides is 1. The monoisotopic (exact) mass is 574 g/mol. The molecule has 0 saturated heterocycles. The number of anilines is 1. The Bertz CT molecular complexity index is 1170. The fourth-order valence-corrected chi connectivity index (χ4v) is 4.51. The molecule has 1 amide bonds. The molecule has 0 fully saturated rings. The number of nitrogens with one attached hydrogen (secondary N) is 2. The summed E-state index contributed by atoms with van der Waals surface area (Å²) >= 11 is 12.3. The Hall–Kier alpha value is -2.87. The second-order valence-electron chi connectivity index (χ2n) is 9.09. The molecule has 0 aliphatic carbocycles. The minimum absolute atomic E-state index is 0.00980. The van der Waals surface area contributed by atoms with Gasteiger partial charge in [0.2, 0.25) is 5.91 Å². The van der Waals surface area contributed by atoms with E-state index in [9.17, 15) is 4.79 Å². The van der Waals surface area contributed by atoms with E-state index in [0.29, 0.717) is 47.6 Å². The number of rotatable bonds is 16. The highest BCUT2D eigenvalue weighted by Crippen LogP contribution is 2.25. The predicted octanol–water partition coefficient (Wildman–Crippen LogP) is 6.92. The number of halogens is 2. The Morgan fingerprint density at radius 3 is 2.59 bits per heavy atom. The summed E-state index contributed by atoms with van der Waals surface area (Å²) in [6.45, 7) is 11.1. The van der Waals surface area contributed by atoms with Crippen LogP contribution in [0, 0.1) is 5.92 Å². The molecule has 9 heteroatoms. The first kappa shape index (κ1) is 32.3. The maximum Gasteiger partial charge on any atom is 0.318 e. The molecule has 39 heavy (non-hydrogen) atoms. The quantitative estimate of drug-likeness (QED) is 0.167. The van der Waals surface area contributed by atoms with Crippen LogP contribution in [0.15, 0.2) is 54.6 Å². The van der Waals surface area contributed by atoms with E-state index in [1.807, 2.05) is 44.2 Å². The molecule has 2 atom stereocenters. The SMILES string of the molecule is C=C/C(=C\C/C(=C\C)C(C)C(=O)NC(CC)CCOC)c1cc(NCCc2ccc(Cl)cc2Cl)nc(OC)n1. The van der Waals surface area contributed by atoms with Gasteiger partial charge in [-0.3, -0.25) is 4.79 Å². The van der Waals surface area contributed by atoms with E-state index in [1.54, 1.807) is 19.3 Å². The number of methoxy groups -OCH3 is 2. The molecule has 0 aliphatic rings. The third-order valence-corrected chi connectivity index (χ3v) is 7.09. The van der Waals surface area contributed by atoms with Gasteiger partial charge in [-0.25, -0.2) is 0 Å². The highest BCUT2D eigenvalue weighted by Gasteiger charge is 2.20. The molecule has 2 N–H and O–H groups in total. The standard InChI is InChI=1S/C30H40Cl2N4O3/c1-7-21(20(4)29(37)34-25(9-3)15-17-38-5)10-11-22(8-2)27-19-28(36-30(35-27)39-6)33-16-14-23-12-13-24(31)18-26(23)32/h7-8,11-13,18-20,25H,2,9-10,14-17H2,1,3-6H3,(H,34,37)(H,33,35,36)/b21-7+,22-11+. The van der Waals surface area contributed by atoms with Crippen LogP contribution in [0.4, 0.5) is 5.82 Å². The Balaban J connectivity index is 2.13. The number of carbonyl (C=O) groups is 1. The molecule has 2 aromatic rings. The van der Waals surface area contributed by atoms with Crippen LogP contribution in [-0.2, 0) is 16.0 Å². The third kappa shape index (κ3) is 10.3. The van der Waals surface area contributed by atoms with Crippen molar-refractivity contribution in [1.82, 2.24) is 15.3 Å². The molecule has 0 radical (unpaired) electrons. The van der Waals surface area contributed by atoms with Crippen LogP contribution in [0.25, 0.3) is 5.57 Å². The number of aromatic nitrogens is 2. The summed E-state index contributed by atoms with van der Waals surface area (Å²) in [4.78, 5) is 21.9. The van der Waals surface area contributed by atoms with Gasteiger partial charge >= 0.3 is 6.01 Å². The van der Waals surface area contributed by atoms with Gasteiger partial charge in [-0.05, 0) is 62.8 Å². The maximum atomic E-state index is 12.9. The number of allylic oxidation sites excluding steroid dienone is 4. The number of hydrogen-bond acceptors (Lipinski definition) is 6. The lowest BCUT2D eigenvalue weighted by Gasteiger charge is -2.21. The van der Waals surface area contributed by atoms with Gasteiger partial charge in [-0.15, -0.1) is 0 Å². The second kappa shape index (κ2) is 17.0. The van der Waals surface area contributed by atoms with Crippen LogP contribution in [0.3, 0.4) is 0 Å². The first-order valence-electron chi connectivity index (χ1n) is 13.1. The lowest BCUT2D eigenvalue weighted by Crippen LogP contribution is -2.39. The first-order valence-corrected chi connectivity index (χ1v) is 13.9. The highest BCUT2D eigenvalue weighted by atomic mass is 35.5. The van der Waals surface area contributed by atoms with E-state index in [-0.39, 0.29) is 23.9 Å². The fourth-order valence-electron chi connectivity index (χ4n) is 4.00. The molecule has 2 rings (SSSR count). The van der Waals surface area contributed by atoms with E-state index < -0.39 is 0 Å². The fraction of sp³-hybridized carbons (Fsp3) is 0.433. The maximum absolute atomic E-state index is 12.9. The Morgan fingerprint density at radius 2 is 1.97 bits per heavy atom. The van der Waals surface area contributed by atoms with Crippen LogP contribution >= 0.6 is 23.2 Å². The minimum Gasteiger partial charge on any atom is -0.467 e. The summed E-state index contributed by atoms with van der Waals surface area (Å²) in [5.41, 5.74) is 3.48. The molecule has 0 spiro atoms. The molecule has 2 unspecified atom stereocenters. The molecular weight excluding hydrogens is 535 g/mol. The zero-order valence-electron chi connectivity index (χ0n) is 23.5. The number of ether oxygens (including phenoxy) is 2. The van der Waals surface area contributed by atoms with Crippen LogP contribution < -0.4 is 15.4 Å². The van der Waals surface area contributed by atoms with Gasteiger partial charge in [0.25, 0.3) is 0 Å². The molecular formula is C30H40Cl2N4O3. The molecule has 1 aromatic heterocycles. The summed E-state index contributed by atoms with van der Waals surface area (Å²) in [5.74, 6) is 0.358. The second-order valence-corrected chi connectivity index (χ2v) is 9.93. The van der Waals surface area contributed by atoms with Crippen molar-refractivity contribution in [3.63, 3.8) is 0 Å². The molecule has 1 aromatic carbocycles. The summed E-state index contributed by atoms with van der Waals surface area (Å²) in [7, 11) is 3.20. The molecule has 0 bridgehead atoms. The average molecular weight is 576 g/mol. The largest absolute Gasteiger partial charge is 0.467 e. The normalized spacial score (nSPS) is 13.5. The Morgan fingerprint density at radius 1 is 1.21 bits per heavy atom. The summed E-state index contributed by atoms with van der Waals surface area (Å²) in [5, 5.41) is 7.70. The first-order chi connectivity index (χ1) is 18.8. The van der Waals surface area contributed by atoms with Crippen molar-refractivity contribution < 1.29 is 14.3 Å². The summed E-state index contributed by atoms with van der Waals surface area (Å²) in [6.07, 6.45) is 8.67. The van der Waals surface area contributed by atoms with Gasteiger partial charge in [-0.1, -0.05) is 66.6 Å². The van der Waals surface area contributed by atoms with E-state index in [0.717, 1.165) is 29.6 Å². The van der Waals surface area contributed by atoms with Gasteiger partial charge in [0.15, 0.2) is 0 Å². The molecule has 0 saturated carbocycles. The van der Waals surface area contributed by atoms with E-state index in [1.165, 1.54) is 7.11 Å². The van der Waals surface area contributed by atoms with Gasteiger partial charge in [-0.2, -0.15) is 9.97 Å². The van der Waals surface area contributed by atoms with Gasteiger partial charge < -0.3 is 20.1 Å². The summed E-state index contributed by atoms with van der Waals surface area (Å²) in [6, 6.07) is 7.66. The van der Waals surface area contributed by atoms with E-state index in [4.69, 9.17) is 32.7 Å². The zero-order chi connectivity index (χ0) is 28.8. The Kier molecular flexibility index (Phi) is 14.1. The highest BCUT2D eigenvalue weighted by molar-refractivity contribution is 6.35. The minimum atomic E-state index is -0.272. The number of benzene rings is 1. The number of hydrogen-bond donors (Lipinski definition) is 2. The van der Waals surface area contributed by atoms with Crippen LogP contribution in [0.1, 0.15) is 51.3 Å². The van der Waals surface area contributed by atoms with Crippen molar-refractivity contribution in [3.05, 3.63) is 75.9 Å². The number of nitrogens with zero attached hydrogens (tertiary/aromatic N) is 2. The van der Waals surface area contributed by atoms with Gasteiger partial charge in [0.1, 0.15) is 5.82 Å². The lowest BCUT2D eigenvalue weighted by molar-refractivity contribution is -0.124. The zero-order valence-corrected chi connectivity index (χ0v) is 25.0. The molecule has 1 heterocycles. The summed E-state index contributed by atoms with van der Waals surface area (Å²) < 4.78 is 10.5. The van der Waals surface area contributed by atoms with Gasteiger partial charge in [0.05, 0.1) is 18.7 Å². The van der Waals surface area contributed by atoms with Crippen LogP contribution in [0.5, 0.6) is 6.01 Å². The predicted molar refractivity (Wildman–Crippen MR) is 162 cm³/mol. The van der Waals surface area contributed by atoms with Crippen LogP contribution in [0.2, 0.25) is 10.0 Å². The van der Waals surface area contributed by atoms with E-state index in [2.05, 4.69) is 34.1 Å². The van der Waals surface area contributed by atoms with Crippen molar-refractivity contribution in [2.45, 2.75) is 52.5 Å². The van der Waals surface area contributed by atoms with Crippen molar-refractivity contribution in [2.24, 2.45) is 5.92 Å². The molecule has 7 nitrogen and oxygen atoms in total. The van der Waals surface area contributed by atoms with E-state index >= 15 is 0 Å². The third-order valence-electron chi connectivity index (χ3n) is 6.51. The van der Waals surface area contributed by atoms with Crippen molar-refractivity contribution in [3.8, 4) is 6.01 Å².